The maximum absolute atomic E-state index is 12.1. The lowest BCUT2D eigenvalue weighted by Gasteiger charge is -2.33. The van der Waals surface area contributed by atoms with Crippen LogP contribution in [-0.2, 0) is 4.79 Å². The number of piperidine rings is 1. The molecule has 0 unspecified atom stereocenters. The predicted octanol–water partition coefficient (Wildman–Crippen LogP) is 1.62. The van der Waals surface area contributed by atoms with Crippen LogP contribution in [0.15, 0.2) is 0 Å². The number of carbonyl (C=O) groups excluding carboxylic acids is 2. The second-order valence-electron chi connectivity index (χ2n) is 5.89. The Kier molecular flexibility index (Phi) is 5.05. The van der Waals surface area contributed by atoms with Crippen molar-refractivity contribution < 1.29 is 9.59 Å². The third-order valence-electron chi connectivity index (χ3n) is 4.32. The molecule has 1 aliphatic carbocycles. The molecule has 0 atom stereocenters. The lowest BCUT2D eigenvalue weighted by molar-refractivity contribution is -0.119. The third-order valence-corrected chi connectivity index (χ3v) is 4.32. The summed E-state index contributed by atoms with van der Waals surface area (Å²) in [5.41, 5.74) is 5.21. The fourth-order valence-corrected chi connectivity index (χ4v) is 3.14. The Morgan fingerprint density at radius 1 is 1.05 bits per heavy atom. The topological polar surface area (TPSA) is 75.4 Å². The molecule has 108 valence electrons. The fourth-order valence-electron chi connectivity index (χ4n) is 3.14. The van der Waals surface area contributed by atoms with Crippen LogP contribution in [0.25, 0.3) is 0 Å². The highest BCUT2D eigenvalue weighted by atomic mass is 16.2. The van der Waals surface area contributed by atoms with Gasteiger partial charge in [-0.15, -0.1) is 0 Å². The van der Waals surface area contributed by atoms with Crippen LogP contribution in [0.4, 0.5) is 4.79 Å². The monoisotopic (exact) mass is 267 g/mol. The number of urea groups is 1. The zero-order chi connectivity index (χ0) is 13.7. The minimum absolute atomic E-state index is 0.0735. The third kappa shape index (κ3) is 4.40. The van der Waals surface area contributed by atoms with Crippen LogP contribution < -0.4 is 11.1 Å². The quantitative estimate of drug-likeness (QED) is 0.815. The second kappa shape index (κ2) is 6.78. The van der Waals surface area contributed by atoms with Crippen molar-refractivity contribution in [1.29, 1.82) is 0 Å². The summed E-state index contributed by atoms with van der Waals surface area (Å²) in [6, 6.07) is 0.439. The first kappa shape index (κ1) is 14.2. The van der Waals surface area contributed by atoms with Gasteiger partial charge in [-0.25, -0.2) is 4.79 Å². The SMILES string of the molecule is NC(=O)CC1CCN(C(=O)NC2CCCCC2)CC1. The summed E-state index contributed by atoms with van der Waals surface area (Å²) >= 11 is 0. The van der Waals surface area contributed by atoms with E-state index in [0.717, 1.165) is 38.8 Å². The van der Waals surface area contributed by atoms with E-state index in [1.165, 1.54) is 19.3 Å². The molecular formula is C14H25N3O2. The molecule has 2 rings (SSSR count). The molecule has 0 aromatic rings. The molecule has 2 aliphatic rings. The number of nitrogens with zero attached hydrogens (tertiary/aromatic N) is 1. The van der Waals surface area contributed by atoms with Gasteiger partial charge in [0.2, 0.25) is 5.91 Å². The zero-order valence-corrected chi connectivity index (χ0v) is 11.6. The van der Waals surface area contributed by atoms with E-state index in [1.54, 1.807) is 0 Å². The number of likely N-dealkylation sites (tertiary alicyclic amines) is 1. The molecule has 1 aliphatic heterocycles. The van der Waals surface area contributed by atoms with Gasteiger partial charge in [-0.05, 0) is 31.6 Å². The molecule has 5 heteroatoms. The summed E-state index contributed by atoms with van der Waals surface area (Å²) in [7, 11) is 0. The van der Waals surface area contributed by atoms with Gasteiger partial charge in [0.1, 0.15) is 0 Å². The van der Waals surface area contributed by atoms with E-state index in [4.69, 9.17) is 5.73 Å². The van der Waals surface area contributed by atoms with Gasteiger partial charge in [0.05, 0.1) is 0 Å². The van der Waals surface area contributed by atoms with E-state index in [2.05, 4.69) is 5.32 Å². The van der Waals surface area contributed by atoms with Crippen LogP contribution in [0, 0.1) is 5.92 Å². The molecule has 0 radical (unpaired) electrons. The maximum atomic E-state index is 12.1. The molecule has 19 heavy (non-hydrogen) atoms. The fraction of sp³-hybridized carbons (Fsp3) is 0.857. The van der Waals surface area contributed by atoms with Crippen molar-refractivity contribution in [3.8, 4) is 0 Å². The molecule has 0 spiro atoms. The number of primary amides is 1. The molecule has 1 saturated heterocycles. The highest BCUT2D eigenvalue weighted by Gasteiger charge is 2.25. The molecule has 1 saturated carbocycles. The van der Waals surface area contributed by atoms with Crippen molar-refractivity contribution in [2.45, 2.75) is 57.4 Å². The Bertz CT molecular complexity index is 319. The van der Waals surface area contributed by atoms with Gasteiger partial charge in [-0.2, -0.15) is 0 Å². The van der Waals surface area contributed by atoms with Crippen LogP contribution in [0.2, 0.25) is 0 Å². The molecule has 3 N–H and O–H groups in total. The maximum Gasteiger partial charge on any atom is 0.317 e. The lowest BCUT2D eigenvalue weighted by Crippen LogP contribution is -2.48. The molecule has 0 bridgehead atoms. The number of hydrogen-bond donors (Lipinski definition) is 2. The van der Waals surface area contributed by atoms with Gasteiger partial charge in [-0.3, -0.25) is 4.79 Å². The summed E-state index contributed by atoms with van der Waals surface area (Å²) in [4.78, 5) is 24.9. The van der Waals surface area contributed by atoms with Crippen molar-refractivity contribution in [2.75, 3.05) is 13.1 Å². The van der Waals surface area contributed by atoms with Gasteiger partial charge in [0.15, 0.2) is 0 Å². The minimum atomic E-state index is -0.231. The molecule has 0 aromatic carbocycles. The van der Waals surface area contributed by atoms with Crippen LogP contribution in [0.5, 0.6) is 0 Å². The Balaban J connectivity index is 1.71. The molecule has 2 fully saturated rings. The minimum Gasteiger partial charge on any atom is -0.370 e. The van der Waals surface area contributed by atoms with E-state index < -0.39 is 0 Å². The summed E-state index contributed by atoms with van der Waals surface area (Å²) in [5, 5.41) is 3.14. The van der Waals surface area contributed by atoms with Gasteiger partial charge >= 0.3 is 6.03 Å². The van der Waals surface area contributed by atoms with Crippen LogP contribution in [0.1, 0.15) is 51.4 Å². The van der Waals surface area contributed by atoms with E-state index >= 15 is 0 Å². The van der Waals surface area contributed by atoms with Gasteiger partial charge in [-0.1, -0.05) is 19.3 Å². The summed E-state index contributed by atoms with van der Waals surface area (Å²) in [5.74, 6) is 0.126. The first-order chi connectivity index (χ1) is 9.15. The number of nitrogens with two attached hydrogens (primary N) is 1. The molecule has 5 nitrogen and oxygen atoms in total. The predicted molar refractivity (Wildman–Crippen MR) is 73.5 cm³/mol. The van der Waals surface area contributed by atoms with Crippen molar-refractivity contribution in [2.24, 2.45) is 11.7 Å². The smallest absolute Gasteiger partial charge is 0.317 e. The average molecular weight is 267 g/mol. The Morgan fingerprint density at radius 2 is 1.68 bits per heavy atom. The number of amides is 3. The normalized spacial score (nSPS) is 22.2. The molecule has 0 aromatic heterocycles. The van der Waals surface area contributed by atoms with Crippen LogP contribution >= 0.6 is 0 Å². The first-order valence-corrected chi connectivity index (χ1v) is 7.49. The van der Waals surface area contributed by atoms with E-state index in [1.807, 2.05) is 4.90 Å². The average Bonchev–Trinajstić information content (AvgIpc) is 2.40. The second-order valence-corrected chi connectivity index (χ2v) is 5.89. The number of carbonyl (C=O) groups is 2. The van der Waals surface area contributed by atoms with E-state index in [9.17, 15) is 9.59 Å². The van der Waals surface area contributed by atoms with Crippen LogP contribution in [0.3, 0.4) is 0 Å². The van der Waals surface area contributed by atoms with Crippen molar-refractivity contribution in [1.82, 2.24) is 10.2 Å². The molecule has 1 heterocycles. The Morgan fingerprint density at radius 3 is 2.26 bits per heavy atom. The highest BCUT2D eigenvalue weighted by Crippen LogP contribution is 2.21. The van der Waals surface area contributed by atoms with Crippen LogP contribution in [-0.4, -0.2) is 36.0 Å². The van der Waals surface area contributed by atoms with Gasteiger partial charge < -0.3 is 16.0 Å². The lowest BCUT2D eigenvalue weighted by atomic mass is 9.93. The number of nitrogens with one attached hydrogen (secondary N) is 1. The number of rotatable bonds is 3. The Hall–Kier alpha value is -1.26. The van der Waals surface area contributed by atoms with Gasteiger partial charge in [0.25, 0.3) is 0 Å². The summed E-state index contributed by atoms with van der Waals surface area (Å²) < 4.78 is 0. The van der Waals surface area contributed by atoms with Gasteiger partial charge in [0, 0.05) is 25.6 Å². The van der Waals surface area contributed by atoms with E-state index in [-0.39, 0.29) is 11.9 Å². The first-order valence-electron chi connectivity index (χ1n) is 7.49. The molecular weight excluding hydrogens is 242 g/mol. The standard InChI is InChI=1S/C14H25N3O2/c15-13(18)10-11-6-8-17(9-7-11)14(19)16-12-4-2-1-3-5-12/h11-12H,1-10H2,(H2,15,18)(H,16,19). The van der Waals surface area contributed by atoms with Crippen molar-refractivity contribution >= 4 is 11.9 Å². The van der Waals surface area contributed by atoms with Crippen molar-refractivity contribution in [3.05, 3.63) is 0 Å². The molecule has 3 amide bonds. The largest absolute Gasteiger partial charge is 0.370 e. The number of hydrogen-bond acceptors (Lipinski definition) is 2. The highest BCUT2D eigenvalue weighted by molar-refractivity contribution is 5.75. The zero-order valence-electron chi connectivity index (χ0n) is 11.6. The summed E-state index contributed by atoms with van der Waals surface area (Å²) in [6.45, 7) is 1.49. The Labute approximate surface area is 114 Å². The van der Waals surface area contributed by atoms with E-state index in [0.29, 0.717) is 18.4 Å². The van der Waals surface area contributed by atoms with Crippen molar-refractivity contribution in [3.63, 3.8) is 0 Å². The summed E-state index contributed by atoms with van der Waals surface area (Å²) in [6.07, 6.45) is 8.22.